The van der Waals surface area contributed by atoms with Gasteiger partial charge in [0, 0.05) is 29.1 Å². The minimum Gasteiger partial charge on any atom is -0.497 e. The smallest absolute Gasteiger partial charge is 0.298 e. The Bertz CT molecular complexity index is 1170. The molecule has 0 fully saturated rings. The molecule has 0 spiro atoms. The lowest BCUT2D eigenvalue weighted by Crippen LogP contribution is -2.01. The minimum atomic E-state index is -0.398. The Morgan fingerprint density at radius 2 is 1.93 bits per heavy atom. The summed E-state index contributed by atoms with van der Waals surface area (Å²) >= 11 is 0. The average molecular weight is 387 g/mol. The van der Waals surface area contributed by atoms with Crippen molar-refractivity contribution in [2.24, 2.45) is 4.74 Å². The van der Waals surface area contributed by atoms with Crippen LogP contribution in [0.3, 0.4) is 0 Å². The zero-order valence-corrected chi connectivity index (χ0v) is 16.3. The van der Waals surface area contributed by atoms with Gasteiger partial charge in [0.25, 0.3) is 5.91 Å². The molecule has 1 amide bonds. The number of rotatable bonds is 5. The van der Waals surface area contributed by atoms with E-state index in [-0.39, 0.29) is 0 Å². The Labute approximate surface area is 164 Å². The van der Waals surface area contributed by atoms with E-state index in [0.717, 1.165) is 39.2 Å². The summed E-state index contributed by atoms with van der Waals surface area (Å²) in [6.07, 6.45) is 0.583. The molecule has 0 aliphatic heterocycles. The van der Waals surface area contributed by atoms with Gasteiger partial charge in [-0.1, -0.05) is 36.4 Å². The highest BCUT2D eigenvalue weighted by molar-refractivity contribution is 7.05. The molecular weight excluding hydrogens is 369 g/mol. The van der Waals surface area contributed by atoms with E-state index in [0.29, 0.717) is 12.1 Å². The third-order valence-electron chi connectivity index (χ3n) is 4.66. The van der Waals surface area contributed by atoms with Crippen molar-refractivity contribution in [3.05, 3.63) is 83.7 Å². The first-order valence-electron chi connectivity index (χ1n) is 8.81. The van der Waals surface area contributed by atoms with Crippen molar-refractivity contribution in [3.8, 4) is 17.0 Å². The van der Waals surface area contributed by atoms with Gasteiger partial charge in [0.2, 0.25) is 0 Å². The van der Waals surface area contributed by atoms with Crippen LogP contribution in [-0.2, 0) is 6.42 Å². The highest BCUT2D eigenvalue weighted by atomic mass is 31.0. The number of benzene rings is 2. The van der Waals surface area contributed by atoms with E-state index in [1.54, 1.807) is 13.2 Å². The largest absolute Gasteiger partial charge is 0.497 e. The predicted octanol–water partition coefficient (Wildman–Crippen LogP) is 5.30. The lowest BCUT2D eigenvalue weighted by molar-refractivity contribution is 0.100. The zero-order chi connectivity index (χ0) is 19.5. The van der Waals surface area contributed by atoms with E-state index in [1.807, 2.05) is 42.5 Å². The monoisotopic (exact) mass is 387 g/mol. The molecule has 6 heteroatoms. The molecule has 0 aliphatic rings. The second-order valence-corrected chi connectivity index (χ2v) is 6.59. The van der Waals surface area contributed by atoms with Crippen LogP contribution in [0.15, 0.2) is 71.5 Å². The lowest BCUT2D eigenvalue weighted by atomic mass is 10.0. The van der Waals surface area contributed by atoms with Crippen molar-refractivity contribution in [2.45, 2.75) is 6.42 Å². The van der Waals surface area contributed by atoms with Crippen molar-refractivity contribution < 1.29 is 9.53 Å². The Hall–Kier alpha value is -3.30. The standard InChI is InChI=1S/C22H18N3O2P/c1-27-16-10-11-17-18(12-15-8-5-9-19(23-15)22(26)25-28)21(24-20(17)13-16)14-6-3-2-4-7-14/h2-11,13,24,28H,12H2,1H3. The molecule has 0 saturated heterocycles. The fraction of sp³-hybridized carbons (Fsp3) is 0.0909. The third kappa shape index (κ3) is 3.45. The molecule has 0 unspecified atom stereocenters. The lowest BCUT2D eigenvalue weighted by Gasteiger charge is -2.06. The Morgan fingerprint density at radius 3 is 2.68 bits per heavy atom. The number of carbonyl (C=O) groups is 1. The number of amides is 1. The van der Waals surface area contributed by atoms with Crippen LogP contribution < -0.4 is 4.74 Å². The van der Waals surface area contributed by atoms with E-state index in [9.17, 15) is 4.79 Å². The fourth-order valence-electron chi connectivity index (χ4n) is 3.33. The zero-order valence-electron chi connectivity index (χ0n) is 15.3. The number of ether oxygens (including phenoxy) is 1. The van der Waals surface area contributed by atoms with Gasteiger partial charge in [-0.2, -0.15) is 4.74 Å². The van der Waals surface area contributed by atoms with Crippen molar-refractivity contribution in [1.29, 1.82) is 0 Å². The number of methoxy groups -OCH3 is 1. The van der Waals surface area contributed by atoms with Gasteiger partial charge in [-0.15, -0.1) is 0 Å². The van der Waals surface area contributed by atoms with Gasteiger partial charge in [-0.25, -0.2) is 4.98 Å². The van der Waals surface area contributed by atoms with Crippen LogP contribution in [0, 0.1) is 0 Å². The molecule has 28 heavy (non-hydrogen) atoms. The number of fused-ring (bicyclic) bond motifs is 1. The topological polar surface area (TPSA) is 67.3 Å². The molecule has 0 bridgehead atoms. The van der Waals surface area contributed by atoms with E-state index in [1.165, 1.54) is 0 Å². The number of pyridine rings is 1. The molecule has 2 aromatic carbocycles. The number of nitrogens with zero attached hydrogens (tertiary/aromatic N) is 2. The van der Waals surface area contributed by atoms with E-state index in [4.69, 9.17) is 4.74 Å². The quantitative estimate of drug-likeness (QED) is 0.473. The van der Waals surface area contributed by atoms with Crippen molar-refractivity contribution in [2.75, 3.05) is 7.11 Å². The number of nitrogens with one attached hydrogen (secondary N) is 1. The van der Waals surface area contributed by atoms with Crippen molar-refractivity contribution in [1.82, 2.24) is 9.97 Å². The van der Waals surface area contributed by atoms with Gasteiger partial charge < -0.3 is 9.72 Å². The van der Waals surface area contributed by atoms with Gasteiger partial charge in [0.15, 0.2) is 0 Å². The first-order valence-corrected chi connectivity index (χ1v) is 9.26. The molecule has 5 nitrogen and oxygen atoms in total. The Kier molecular flexibility index (Phi) is 5.00. The first kappa shape index (κ1) is 18.1. The molecule has 1 N–H and O–H groups in total. The molecule has 2 heterocycles. The van der Waals surface area contributed by atoms with Gasteiger partial charge >= 0.3 is 0 Å². The van der Waals surface area contributed by atoms with Crippen LogP contribution in [-0.4, -0.2) is 23.0 Å². The highest BCUT2D eigenvalue weighted by Gasteiger charge is 2.16. The molecule has 2 aromatic heterocycles. The average Bonchev–Trinajstić information content (AvgIpc) is 3.11. The van der Waals surface area contributed by atoms with E-state index < -0.39 is 5.91 Å². The van der Waals surface area contributed by atoms with Crippen LogP contribution in [0.25, 0.3) is 22.2 Å². The Morgan fingerprint density at radius 1 is 1.11 bits per heavy atom. The van der Waals surface area contributed by atoms with Crippen LogP contribution >= 0.6 is 9.03 Å². The predicted molar refractivity (Wildman–Crippen MR) is 112 cm³/mol. The van der Waals surface area contributed by atoms with E-state index >= 15 is 0 Å². The number of carbonyl (C=O) groups excluding carboxylic acids is 1. The number of aromatic amines is 1. The van der Waals surface area contributed by atoms with Gasteiger partial charge in [0.05, 0.1) is 12.8 Å². The molecule has 4 aromatic rings. The Balaban J connectivity index is 1.85. The van der Waals surface area contributed by atoms with Gasteiger partial charge in [-0.3, -0.25) is 4.79 Å². The molecular formula is C22H18N3O2P. The van der Waals surface area contributed by atoms with Gasteiger partial charge in [0.1, 0.15) is 11.4 Å². The summed E-state index contributed by atoms with van der Waals surface area (Å²) in [5.41, 5.74) is 5.36. The summed E-state index contributed by atoms with van der Waals surface area (Å²) < 4.78 is 8.88. The summed E-state index contributed by atoms with van der Waals surface area (Å²) in [5, 5.41) is 1.10. The number of aromatic nitrogens is 2. The van der Waals surface area contributed by atoms with Crippen LogP contribution in [0.5, 0.6) is 5.75 Å². The fourth-order valence-corrected chi connectivity index (χ4v) is 3.45. The maximum Gasteiger partial charge on any atom is 0.298 e. The van der Waals surface area contributed by atoms with E-state index in [2.05, 4.69) is 41.9 Å². The minimum absolute atomic E-state index is 0.315. The van der Waals surface area contributed by atoms with Gasteiger partial charge in [-0.05, 0) is 44.4 Å². The summed E-state index contributed by atoms with van der Waals surface area (Å²) in [6, 6.07) is 21.6. The second kappa shape index (κ2) is 7.75. The van der Waals surface area contributed by atoms with Crippen molar-refractivity contribution >= 4 is 25.8 Å². The third-order valence-corrected chi connectivity index (χ3v) is 4.86. The molecule has 0 atom stereocenters. The summed E-state index contributed by atoms with van der Waals surface area (Å²) in [5.74, 6) is 0.398. The number of hydrogen-bond donors (Lipinski definition) is 1. The first-order chi connectivity index (χ1) is 13.7. The highest BCUT2D eigenvalue weighted by Crippen LogP contribution is 2.33. The SMILES string of the molecule is COc1ccc2c(Cc3cccc(C(=O)N=P)n3)c(-c3ccccc3)[nH]c2c1. The summed E-state index contributed by atoms with van der Waals surface area (Å²) in [7, 11) is 4.55. The van der Waals surface area contributed by atoms with Crippen molar-refractivity contribution in [3.63, 3.8) is 0 Å². The molecule has 0 radical (unpaired) electrons. The van der Waals surface area contributed by atoms with Crippen LogP contribution in [0.1, 0.15) is 21.7 Å². The van der Waals surface area contributed by atoms with Crippen LogP contribution in [0.2, 0.25) is 0 Å². The maximum absolute atomic E-state index is 11.8. The number of hydrogen-bond acceptors (Lipinski definition) is 3. The molecule has 4 rings (SSSR count). The summed E-state index contributed by atoms with van der Waals surface area (Å²) in [4.78, 5) is 19.8. The second-order valence-electron chi connectivity index (χ2n) is 6.36. The molecule has 138 valence electrons. The van der Waals surface area contributed by atoms with Crippen LogP contribution in [0.4, 0.5) is 0 Å². The summed E-state index contributed by atoms with van der Waals surface area (Å²) in [6.45, 7) is 0. The normalized spacial score (nSPS) is 10.8. The molecule has 0 aliphatic carbocycles. The number of H-pyrrole nitrogens is 1. The maximum atomic E-state index is 11.8. The molecule has 0 saturated carbocycles.